The highest BCUT2D eigenvalue weighted by molar-refractivity contribution is 5.78. The van der Waals surface area contributed by atoms with Crippen LogP contribution in [-0.2, 0) is 0 Å². The number of nitrogens with two attached hydrogens (primary N) is 1. The molecular weight excluding hydrogens is 162 g/mol. The minimum Gasteiger partial charge on any atom is -0.370 e. The lowest BCUT2D eigenvalue weighted by Crippen LogP contribution is -2.41. The normalized spacial score (nSPS) is 19.8. The third kappa shape index (κ3) is 3.97. The molecule has 74 valence electrons. The van der Waals surface area contributed by atoms with E-state index < -0.39 is 0 Å². The fourth-order valence-corrected chi connectivity index (χ4v) is 1.66. The van der Waals surface area contributed by atoms with Crippen molar-refractivity contribution in [3.63, 3.8) is 0 Å². The maximum absolute atomic E-state index is 5.68. The first-order valence-corrected chi connectivity index (χ1v) is 5.00. The lowest BCUT2D eigenvalue weighted by atomic mass is 9.96. The largest absolute Gasteiger partial charge is 0.370 e. The van der Waals surface area contributed by atoms with Crippen molar-refractivity contribution in [3.05, 3.63) is 12.7 Å². The highest BCUT2D eigenvalue weighted by Gasteiger charge is 2.12. The van der Waals surface area contributed by atoms with Crippen LogP contribution in [0.25, 0.3) is 0 Å². The SMILES string of the molecule is C=CCN=C(N)NC1CCCCC1. The van der Waals surface area contributed by atoms with Crippen molar-refractivity contribution in [2.45, 2.75) is 38.1 Å². The van der Waals surface area contributed by atoms with Crippen LogP contribution in [0.1, 0.15) is 32.1 Å². The molecule has 0 atom stereocenters. The molecule has 0 aliphatic heterocycles. The molecule has 1 aliphatic rings. The Morgan fingerprint density at radius 3 is 2.77 bits per heavy atom. The van der Waals surface area contributed by atoms with E-state index in [1.54, 1.807) is 6.08 Å². The van der Waals surface area contributed by atoms with Crippen LogP contribution in [-0.4, -0.2) is 18.5 Å². The van der Waals surface area contributed by atoms with E-state index in [4.69, 9.17) is 5.73 Å². The van der Waals surface area contributed by atoms with Gasteiger partial charge in [-0.25, -0.2) is 4.99 Å². The Morgan fingerprint density at radius 2 is 2.15 bits per heavy atom. The summed E-state index contributed by atoms with van der Waals surface area (Å²) in [6.07, 6.45) is 8.19. The molecule has 1 aliphatic carbocycles. The first kappa shape index (κ1) is 10.1. The third-order valence-electron chi connectivity index (χ3n) is 2.35. The monoisotopic (exact) mass is 181 g/mol. The van der Waals surface area contributed by atoms with E-state index in [1.807, 2.05) is 0 Å². The molecule has 0 radical (unpaired) electrons. The van der Waals surface area contributed by atoms with Gasteiger partial charge in [-0.05, 0) is 12.8 Å². The van der Waals surface area contributed by atoms with Crippen LogP contribution in [0, 0.1) is 0 Å². The van der Waals surface area contributed by atoms with Gasteiger partial charge in [0.15, 0.2) is 5.96 Å². The number of hydrogen-bond donors (Lipinski definition) is 2. The van der Waals surface area contributed by atoms with Gasteiger partial charge in [-0.2, -0.15) is 0 Å². The fourth-order valence-electron chi connectivity index (χ4n) is 1.66. The van der Waals surface area contributed by atoms with E-state index in [-0.39, 0.29) is 0 Å². The van der Waals surface area contributed by atoms with Crippen LogP contribution in [0.2, 0.25) is 0 Å². The molecule has 0 heterocycles. The van der Waals surface area contributed by atoms with Crippen LogP contribution in [0.4, 0.5) is 0 Å². The summed E-state index contributed by atoms with van der Waals surface area (Å²) >= 11 is 0. The van der Waals surface area contributed by atoms with Gasteiger partial charge >= 0.3 is 0 Å². The van der Waals surface area contributed by atoms with Gasteiger partial charge in [0, 0.05) is 6.04 Å². The number of nitrogens with one attached hydrogen (secondary N) is 1. The Kier molecular flexibility index (Phi) is 4.36. The lowest BCUT2D eigenvalue weighted by molar-refractivity contribution is 0.412. The molecule has 0 unspecified atom stereocenters. The van der Waals surface area contributed by atoms with Crippen molar-refractivity contribution >= 4 is 5.96 Å². The average Bonchev–Trinajstić information content (AvgIpc) is 2.16. The van der Waals surface area contributed by atoms with Gasteiger partial charge in [0.25, 0.3) is 0 Å². The highest BCUT2D eigenvalue weighted by atomic mass is 15.1. The zero-order valence-electron chi connectivity index (χ0n) is 8.13. The van der Waals surface area contributed by atoms with E-state index in [1.165, 1.54) is 32.1 Å². The third-order valence-corrected chi connectivity index (χ3v) is 2.35. The molecule has 3 nitrogen and oxygen atoms in total. The molecule has 1 fully saturated rings. The van der Waals surface area contributed by atoms with Crippen LogP contribution >= 0.6 is 0 Å². The van der Waals surface area contributed by atoms with Gasteiger partial charge in [0.05, 0.1) is 6.54 Å². The molecule has 0 aromatic heterocycles. The Morgan fingerprint density at radius 1 is 1.46 bits per heavy atom. The Bertz CT molecular complexity index is 181. The van der Waals surface area contributed by atoms with E-state index in [2.05, 4.69) is 16.9 Å². The molecule has 1 rings (SSSR count). The maximum atomic E-state index is 5.68. The first-order chi connectivity index (χ1) is 6.33. The van der Waals surface area contributed by atoms with E-state index in [0.29, 0.717) is 18.5 Å². The topological polar surface area (TPSA) is 50.4 Å². The number of rotatable bonds is 3. The summed E-state index contributed by atoms with van der Waals surface area (Å²) in [7, 11) is 0. The minimum atomic E-state index is 0.544. The van der Waals surface area contributed by atoms with Gasteiger partial charge < -0.3 is 11.1 Å². The van der Waals surface area contributed by atoms with Crippen molar-refractivity contribution in [1.29, 1.82) is 0 Å². The standard InChI is InChI=1S/C10H19N3/c1-2-8-12-10(11)13-9-6-4-3-5-7-9/h2,9H,1,3-8H2,(H3,11,12,13). The number of hydrogen-bond acceptors (Lipinski definition) is 1. The summed E-state index contributed by atoms with van der Waals surface area (Å²) < 4.78 is 0. The van der Waals surface area contributed by atoms with Gasteiger partial charge in [-0.1, -0.05) is 25.3 Å². The zero-order valence-corrected chi connectivity index (χ0v) is 8.13. The molecule has 3 heteroatoms. The zero-order chi connectivity index (χ0) is 9.52. The van der Waals surface area contributed by atoms with Crippen molar-refractivity contribution in [1.82, 2.24) is 5.32 Å². The molecular formula is C10H19N3. The van der Waals surface area contributed by atoms with Gasteiger partial charge in [0.1, 0.15) is 0 Å². The molecule has 0 spiro atoms. The van der Waals surface area contributed by atoms with Crippen LogP contribution in [0.5, 0.6) is 0 Å². The molecule has 0 aromatic carbocycles. The Labute approximate surface area is 80.1 Å². The predicted octanol–water partition coefficient (Wildman–Crippen LogP) is 1.41. The smallest absolute Gasteiger partial charge is 0.189 e. The summed E-state index contributed by atoms with van der Waals surface area (Å²) in [5.41, 5.74) is 5.68. The van der Waals surface area contributed by atoms with Crippen LogP contribution in [0.3, 0.4) is 0 Å². The quantitative estimate of drug-likeness (QED) is 0.393. The van der Waals surface area contributed by atoms with Gasteiger partial charge in [-0.3, -0.25) is 0 Å². The molecule has 0 amide bonds. The molecule has 3 N–H and O–H groups in total. The summed E-state index contributed by atoms with van der Waals surface area (Å²) in [5, 5.41) is 3.23. The molecule has 0 bridgehead atoms. The predicted molar refractivity (Wildman–Crippen MR) is 56.7 cm³/mol. The van der Waals surface area contributed by atoms with E-state index in [0.717, 1.165) is 0 Å². The molecule has 1 saturated carbocycles. The second kappa shape index (κ2) is 5.62. The van der Waals surface area contributed by atoms with Gasteiger partial charge in [0.2, 0.25) is 0 Å². The highest BCUT2D eigenvalue weighted by Crippen LogP contribution is 2.16. The second-order valence-corrected chi connectivity index (χ2v) is 3.49. The summed E-state index contributed by atoms with van der Waals surface area (Å²) in [6, 6.07) is 0.544. The molecule has 0 aromatic rings. The summed E-state index contributed by atoms with van der Waals surface area (Å²) in [4.78, 5) is 4.10. The summed E-state index contributed by atoms with van der Waals surface area (Å²) in [5.74, 6) is 0.562. The summed E-state index contributed by atoms with van der Waals surface area (Å²) in [6.45, 7) is 4.19. The number of guanidine groups is 1. The van der Waals surface area contributed by atoms with Crippen molar-refractivity contribution in [2.75, 3.05) is 6.54 Å². The van der Waals surface area contributed by atoms with Crippen molar-refractivity contribution < 1.29 is 0 Å². The van der Waals surface area contributed by atoms with E-state index in [9.17, 15) is 0 Å². The Hall–Kier alpha value is -0.990. The average molecular weight is 181 g/mol. The van der Waals surface area contributed by atoms with Crippen molar-refractivity contribution in [2.24, 2.45) is 10.7 Å². The minimum absolute atomic E-state index is 0.544. The number of aliphatic imine (C=N–C) groups is 1. The number of nitrogens with zero attached hydrogens (tertiary/aromatic N) is 1. The lowest BCUT2D eigenvalue weighted by Gasteiger charge is -2.22. The molecule has 0 saturated heterocycles. The van der Waals surface area contributed by atoms with Crippen LogP contribution < -0.4 is 11.1 Å². The fraction of sp³-hybridized carbons (Fsp3) is 0.700. The van der Waals surface area contributed by atoms with E-state index >= 15 is 0 Å². The van der Waals surface area contributed by atoms with Gasteiger partial charge in [-0.15, -0.1) is 6.58 Å². The first-order valence-electron chi connectivity index (χ1n) is 5.00. The van der Waals surface area contributed by atoms with Crippen LogP contribution in [0.15, 0.2) is 17.6 Å². The molecule has 13 heavy (non-hydrogen) atoms. The Balaban J connectivity index is 2.25. The van der Waals surface area contributed by atoms with Crippen molar-refractivity contribution in [3.8, 4) is 0 Å². The maximum Gasteiger partial charge on any atom is 0.189 e. The second-order valence-electron chi connectivity index (χ2n) is 3.49.